The quantitative estimate of drug-likeness (QED) is 0.644. The van der Waals surface area contributed by atoms with E-state index in [1.807, 2.05) is 12.1 Å². The molecule has 0 spiro atoms. The van der Waals surface area contributed by atoms with Crippen LogP contribution >= 0.6 is 15.9 Å². The molecule has 0 aliphatic heterocycles. The highest BCUT2D eigenvalue weighted by atomic mass is 79.9. The van der Waals surface area contributed by atoms with Gasteiger partial charge < -0.3 is 10.1 Å². The first-order valence-electron chi connectivity index (χ1n) is 6.29. The zero-order chi connectivity index (χ0) is 12.8. The molecule has 1 aliphatic rings. The zero-order valence-corrected chi connectivity index (χ0v) is 11.9. The zero-order valence-electron chi connectivity index (χ0n) is 10.3. The number of benzene rings is 1. The summed E-state index contributed by atoms with van der Waals surface area (Å²) >= 11 is 3.29. The van der Waals surface area contributed by atoms with E-state index in [9.17, 15) is 4.79 Å². The van der Waals surface area contributed by atoms with Crippen molar-refractivity contribution in [2.75, 3.05) is 25.1 Å². The number of hydrogen-bond donors (Lipinski definition) is 1. The summed E-state index contributed by atoms with van der Waals surface area (Å²) < 4.78 is 5.30. The van der Waals surface area contributed by atoms with Crippen LogP contribution in [0.3, 0.4) is 0 Å². The average Bonchev–Trinajstić information content (AvgIpc) is 2.82. The summed E-state index contributed by atoms with van der Waals surface area (Å²) in [5, 5.41) is 3.77. The SMILES string of the molecule is O=C(NCCOCCBr)C1Cc2ccccc2C1. The molecule has 1 aliphatic carbocycles. The Bertz CT molecular complexity index is 384. The molecule has 4 heteroatoms. The van der Waals surface area contributed by atoms with Crippen LogP contribution in [0.1, 0.15) is 11.1 Å². The Morgan fingerprint density at radius 3 is 2.56 bits per heavy atom. The third-order valence-corrected chi connectivity index (χ3v) is 3.51. The molecule has 0 saturated carbocycles. The second-order valence-electron chi connectivity index (χ2n) is 4.47. The van der Waals surface area contributed by atoms with Crippen molar-refractivity contribution in [2.24, 2.45) is 5.92 Å². The average molecular weight is 312 g/mol. The molecule has 1 aromatic rings. The number of alkyl halides is 1. The van der Waals surface area contributed by atoms with Gasteiger partial charge in [0.25, 0.3) is 0 Å². The summed E-state index contributed by atoms with van der Waals surface area (Å²) in [7, 11) is 0. The molecule has 0 unspecified atom stereocenters. The van der Waals surface area contributed by atoms with Gasteiger partial charge in [-0.1, -0.05) is 40.2 Å². The lowest BCUT2D eigenvalue weighted by atomic mass is 10.1. The fraction of sp³-hybridized carbons (Fsp3) is 0.500. The molecule has 0 radical (unpaired) electrons. The fourth-order valence-corrected chi connectivity index (χ4v) is 2.52. The van der Waals surface area contributed by atoms with Crippen LogP contribution < -0.4 is 5.32 Å². The molecule has 0 heterocycles. The molecular weight excluding hydrogens is 294 g/mol. The van der Waals surface area contributed by atoms with Gasteiger partial charge in [-0.3, -0.25) is 4.79 Å². The number of amides is 1. The smallest absolute Gasteiger partial charge is 0.223 e. The van der Waals surface area contributed by atoms with Crippen LogP contribution in [0.15, 0.2) is 24.3 Å². The number of hydrogen-bond acceptors (Lipinski definition) is 2. The van der Waals surface area contributed by atoms with E-state index in [4.69, 9.17) is 4.74 Å². The molecule has 1 aromatic carbocycles. The first-order chi connectivity index (χ1) is 8.81. The van der Waals surface area contributed by atoms with Gasteiger partial charge in [-0.25, -0.2) is 0 Å². The van der Waals surface area contributed by atoms with Gasteiger partial charge in [0.2, 0.25) is 5.91 Å². The van der Waals surface area contributed by atoms with Crippen molar-refractivity contribution in [1.82, 2.24) is 5.32 Å². The van der Waals surface area contributed by atoms with E-state index in [0.717, 1.165) is 18.2 Å². The Morgan fingerprint density at radius 2 is 1.94 bits per heavy atom. The summed E-state index contributed by atoms with van der Waals surface area (Å²) in [5.74, 6) is 0.243. The van der Waals surface area contributed by atoms with Crippen molar-refractivity contribution in [2.45, 2.75) is 12.8 Å². The third-order valence-electron chi connectivity index (χ3n) is 3.19. The van der Waals surface area contributed by atoms with E-state index < -0.39 is 0 Å². The molecule has 0 bridgehead atoms. The molecule has 1 N–H and O–H groups in total. The molecule has 0 atom stereocenters. The predicted octanol–water partition coefficient (Wildman–Crippen LogP) is 1.93. The van der Waals surface area contributed by atoms with Crippen LogP contribution in [-0.2, 0) is 22.4 Å². The predicted molar refractivity (Wildman–Crippen MR) is 75.0 cm³/mol. The maximum Gasteiger partial charge on any atom is 0.223 e. The molecule has 0 fully saturated rings. The molecule has 3 nitrogen and oxygen atoms in total. The Labute approximate surface area is 116 Å². The lowest BCUT2D eigenvalue weighted by molar-refractivity contribution is -0.124. The van der Waals surface area contributed by atoms with E-state index >= 15 is 0 Å². The highest BCUT2D eigenvalue weighted by Crippen LogP contribution is 2.26. The number of nitrogens with one attached hydrogen (secondary N) is 1. The van der Waals surface area contributed by atoms with Crippen LogP contribution in [-0.4, -0.2) is 31.0 Å². The van der Waals surface area contributed by atoms with E-state index in [-0.39, 0.29) is 11.8 Å². The van der Waals surface area contributed by atoms with Gasteiger partial charge >= 0.3 is 0 Å². The Morgan fingerprint density at radius 1 is 1.28 bits per heavy atom. The Kier molecular flexibility index (Phi) is 5.20. The van der Waals surface area contributed by atoms with Crippen molar-refractivity contribution in [1.29, 1.82) is 0 Å². The number of rotatable bonds is 6. The number of carbonyl (C=O) groups is 1. The van der Waals surface area contributed by atoms with Crippen LogP contribution in [0.2, 0.25) is 0 Å². The van der Waals surface area contributed by atoms with Gasteiger partial charge in [-0.15, -0.1) is 0 Å². The van der Waals surface area contributed by atoms with E-state index in [1.54, 1.807) is 0 Å². The van der Waals surface area contributed by atoms with Crippen LogP contribution in [0.4, 0.5) is 0 Å². The number of carbonyl (C=O) groups excluding carboxylic acids is 1. The molecule has 0 aromatic heterocycles. The molecule has 98 valence electrons. The fourth-order valence-electron chi connectivity index (χ4n) is 2.29. The molecular formula is C14H18BrNO2. The summed E-state index contributed by atoms with van der Waals surface area (Å²) in [4.78, 5) is 12.0. The van der Waals surface area contributed by atoms with Crippen molar-refractivity contribution in [3.8, 4) is 0 Å². The highest BCUT2D eigenvalue weighted by Gasteiger charge is 2.26. The van der Waals surface area contributed by atoms with Gasteiger partial charge in [0.05, 0.1) is 13.2 Å². The normalized spacial score (nSPS) is 14.5. The Balaban J connectivity index is 1.72. The molecule has 18 heavy (non-hydrogen) atoms. The second kappa shape index (κ2) is 6.90. The topological polar surface area (TPSA) is 38.3 Å². The minimum atomic E-state index is 0.0959. The summed E-state index contributed by atoms with van der Waals surface area (Å²) in [5.41, 5.74) is 2.63. The lowest BCUT2D eigenvalue weighted by Gasteiger charge is -2.10. The van der Waals surface area contributed by atoms with E-state index in [0.29, 0.717) is 19.8 Å². The van der Waals surface area contributed by atoms with Crippen LogP contribution in [0, 0.1) is 5.92 Å². The van der Waals surface area contributed by atoms with Crippen molar-refractivity contribution in [3.05, 3.63) is 35.4 Å². The number of fused-ring (bicyclic) bond motifs is 1. The van der Waals surface area contributed by atoms with Gasteiger partial charge in [-0.05, 0) is 24.0 Å². The van der Waals surface area contributed by atoms with Crippen LogP contribution in [0.25, 0.3) is 0 Å². The summed E-state index contributed by atoms with van der Waals surface area (Å²) in [6.45, 7) is 1.86. The van der Waals surface area contributed by atoms with Crippen molar-refractivity contribution < 1.29 is 9.53 Å². The molecule has 2 rings (SSSR count). The minimum Gasteiger partial charge on any atom is -0.379 e. The van der Waals surface area contributed by atoms with Crippen molar-refractivity contribution in [3.63, 3.8) is 0 Å². The lowest BCUT2D eigenvalue weighted by Crippen LogP contribution is -2.33. The van der Waals surface area contributed by atoms with Crippen LogP contribution in [0.5, 0.6) is 0 Å². The first kappa shape index (κ1) is 13.6. The standard InChI is InChI=1S/C14H18BrNO2/c15-5-7-18-8-6-16-14(17)13-9-11-3-1-2-4-12(11)10-13/h1-4,13H,5-10H2,(H,16,17). The maximum atomic E-state index is 12.0. The van der Waals surface area contributed by atoms with Gasteiger partial charge in [0.15, 0.2) is 0 Å². The van der Waals surface area contributed by atoms with Gasteiger partial charge in [0, 0.05) is 17.8 Å². The summed E-state index contributed by atoms with van der Waals surface area (Å²) in [6.07, 6.45) is 1.73. The van der Waals surface area contributed by atoms with Gasteiger partial charge in [-0.2, -0.15) is 0 Å². The number of halogens is 1. The van der Waals surface area contributed by atoms with Crippen molar-refractivity contribution >= 4 is 21.8 Å². The first-order valence-corrected chi connectivity index (χ1v) is 7.41. The van der Waals surface area contributed by atoms with Gasteiger partial charge in [0.1, 0.15) is 0 Å². The molecule has 0 saturated heterocycles. The Hall–Kier alpha value is -0.870. The summed E-state index contributed by atoms with van der Waals surface area (Å²) in [6, 6.07) is 8.30. The number of ether oxygens (including phenoxy) is 1. The van der Waals surface area contributed by atoms with E-state index in [2.05, 4.69) is 33.4 Å². The largest absolute Gasteiger partial charge is 0.379 e. The third kappa shape index (κ3) is 3.56. The van der Waals surface area contributed by atoms with E-state index in [1.165, 1.54) is 11.1 Å². The second-order valence-corrected chi connectivity index (χ2v) is 5.26. The maximum absolute atomic E-state index is 12.0. The molecule has 1 amide bonds. The monoisotopic (exact) mass is 311 g/mol. The minimum absolute atomic E-state index is 0.0959. The highest BCUT2D eigenvalue weighted by molar-refractivity contribution is 9.09.